The van der Waals surface area contributed by atoms with E-state index >= 15 is 0 Å². The normalized spacial score (nSPS) is 12.3. The summed E-state index contributed by atoms with van der Waals surface area (Å²) < 4.78 is 6.84. The number of amides is 2. The average molecular weight is 440 g/mol. The summed E-state index contributed by atoms with van der Waals surface area (Å²) in [5, 5.41) is 11.5. The summed E-state index contributed by atoms with van der Waals surface area (Å²) in [6.45, 7) is 10.6. The number of aryl methyl sites for hydroxylation is 2. The van der Waals surface area contributed by atoms with E-state index in [1.165, 1.54) is 0 Å². The van der Waals surface area contributed by atoms with Gasteiger partial charge in [0.15, 0.2) is 5.65 Å². The highest BCUT2D eigenvalue weighted by molar-refractivity contribution is 5.92. The molecule has 0 aliphatic carbocycles. The number of aromatic nitrogens is 3. The molecule has 0 aliphatic rings. The van der Waals surface area contributed by atoms with E-state index in [0.717, 1.165) is 39.9 Å². The fourth-order valence-corrected chi connectivity index (χ4v) is 4.00. The van der Waals surface area contributed by atoms with Gasteiger partial charge in [-0.2, -0.15) is 5.10 Å². The molecule has 0 radical (unpaired) electrons. The largest absolute Gasteiger partial charge is 0.450 e. The number of fused-ring (bicyclic) bond motifs is 3. The van der Waals surface area contributed by atoms with E-state index in [1.807, 2.05) is 42.6 Å². The minimum absolute atomic E-state index is 0.0612. The van der Waals surface area contributed by atoms with E-state index in [4.69, 9.17) is 9.72 Å². The van der Waals surface area contributed by atoms with Gasteiger partial charge in [0.05, 0.1) is 12.1 Å². The van der Waals surface area contributed by atoms with Crippen LogP contribution in [0.4, 0.5) is 4.79 Å². The van der Waals surface area contributed by atoms with Gasteiger partial charge in [0.25, 0.3) is 0 Å². The molecule has 8 nitrogen and oxygen atoms in total. The molecule has 3 rings (SSSR count). The lowest BCUT2D eigenvalue weighted by molar-refractivity contribution is -0.121. The maximum absolute atomic E-state index is 12.5. The number of alkyl carbamates (subject to hydrolysis) is 1. The maximum atomic E-state index is 12.5. The van der Waals surface area contributed by atoms with Gasteiger partial charge in [-0.15, -0.1) is 0 Å². The zero-order valence-electron chi connectivity index (χ0n) is 19.6. The van der Waals surface area contributed by atoms with E-state index in [2.05, 4.69) is 29.6 Å². The third-order valence-electron chi connectivity index (χ3n) is 5.52. The summed E-state index contributed by atoms with van der Waals surface area (Å²) in [6.07, 6.45) is 1.21. The second-order valence-electron chi connectivity index (χ2n) is 8.51. The quantitative estimate of drug-likeness (QED) is 0.530. The van der Waals surface area contributed by atoms with Gasteiger partial charge in [0, 0.05) is 35.8 Å². The molecule has 0 saturated carbocycles. The first-order chi connectivity index (χ1) is 15.3. The number of nitrogens with zero attached hydrogens (tertiary/aromatic N) is 3. The minimum Gasteiger partial charge on any atom is -0.450 e. The van der Waals surface area contributed by atoms with Crippen molar-refractivity contribution in [3.8, 4) is 0 Å². The van der Waals surface area contributed by atoms with Crippen molar-refractivity contribution >= 4 is 28.6 Å². The van der Waals surface area contributed by atoms with E-state index in [1.54, 1.807) is 6.92 Å². The summed E-state index contributed by atoms with van der Waals surface area (Å²) in [4.78, 5) is 29.1. The molecule has 3 aromatic rings. The van der Waals surface area contributed by atoms with Crippen molar-refractivity contribution < 1.29 is 14.3 Å². The topological polar surface area (TPSA) is 97.6 Å². The van der Waals surface area contributed by atoms with Crippen LogP contribution in [0.1, 0.15) is 50.6 Å². The lowest BCUT2D eigenvalue weighted by Gasteiger charge is -2.21. The highest BCUT2D eigenvalue weighted by atomic mass is 16.5. The van der Waals surface area contributed by atoms with Crippen LogP contribution in [0.25, 0.3) is 16.6 Å². The summed E-state index contributed by atoms with van der Waals surface area (Å²) in [6, 6.07) is 7.78. The van der Waals surface area contributed by atoms with Crippen LogP contribution in [0, 0.1) is 19.8 Å². The molecule has 1 aromatic carbocycles. The average Bonchev–Trinajstić information content (AvgIpc) is 3.10. The Morgan fingerprint density at radius 2 is 1.94 bits per heavy atom. The Hall–Kier alpha value is -3.16. The molecule has 172 valence electrons. The Kier molecular flexibility index (Phi) is 7.66. The highest BCUT2D eigenvalue weighted by Gasteiger charge is 2.17. The number of ether oxygens (including phenoxy) is 1. The Morgan fingerprint density at radius 3 is 2.66 bits per heavy atom. The first-order valence-corrected chi connectivity index (χ1v) is 11.2. The van der Waals surface area contributed by atoms with E-state index in [0.29, 0.717) is 31.9 Å². The molecule has 0 bridgehead atoms. The highest BCUT2D eigenvalue weighted by Crippen LogP contribution is 2.22. The lowest BCUT2D eigenvalue weighted by atomic mass is 10.0. The van der Waals surface area contributed by atoms with Crippen molar-refractivity contribution in [3.05, 3.63) is 41.2 Å². The summed E-state index contributed by atoms with van der Waals surface area (Å²) in [5.74, 6) is 0.320. The van der Waals surface area contributed by atoms with Crippen molar-refractivity contribution in [2.75, 3.05) is 13.2 Å². The molecule has 0 spiro atoms. The third-order valence-corrected chi connectivity index (χ3v) is 5.52. The molecule has 2 amide bonds. The van der Waals surface area contributed by atoms with Gasteiger partial charge in [-0.3, -0.25) is 4.79 Å². The number of benzene rings is 1. The first-order valence-electron chi connectivity index (χ1n) is 11.2. The van der Waals surface area contributed by atoms with Gasteiger partial charge in [0.2, 0.25) is 5.91 Å². The molecule has 2 aromatic heterocycles. The SMILES string of the molecule is CCOC(=O)NC(CNC(=O)CCc1c(C)nc2c3ccccc3nn2c1C)CC(C)C. The molecule has 2 N–H and O–H groups in total. The van der Waals surface area contributed by atoms with Gasteiger partial charge in [-0.25, -0.2) is 14.3 Å². The van der Waals surface area contributed by atoms with Gasteiger partial charge < -0.3 is 15.4 Å². The zero-order chi connectivity index (χ0) is 23.3. The predicted molar refractivity (Wildman–Crippen MR) is 125 cm³/mol. The van der Waals surface area contributed by atoms with Crippen LogP contribution in [0.15, 0.2) is 24.3 Å². The van der Waals surface area contributed by atoms with Gasteiger partial charge in [0.1, 0.15) is 0 Å². The Labute approximate surface area is 188 Å². The summed E-state index contributed by atoms with van der Waals surface area (Å²) in [7, 11) is 0. The number of hydrogen-bond donors (Lipinski definition) is 2. The fraction of sp³-hybridized carbons (Fsp3) is 0.500. The smallest absolute Gasteiger partial charge is 0.407 e. The first kappa shape index (κ1) is 23.5. The zero-order valence-corrected chi connectivity index (χ0v) is 19.6. The van der Waals surface area contributed by atoms with Crippen molar-refractivity contribution in [2.45, 2.75) is 59.9 Å². The van der Waals surface area contributed by atoms with E-state index in [9.17, 15) is 9.59 Å². The van der Waals surface area contributed by atoms with Crippen LogP contribution in [0.2, 0.25) is 0 Å². The van der Waals surface area contributed by atoms with Crippen LogP contribution in [0.3, 0.4) is 0 Å². The number of hydrogen-bond acceptors (Lipinski definition) is 5. The second-order valence-corrected chi connectivity index (χ2v) is 8.51. The van der Waals surface area contributed by atoms with Gasteiger partial charge in [-0.1, -0.05) is 26.0 Å². The monoisotopic (exact) mass is 439 g/mol. The molecule has 1 unspecified atom stereocenters. The fourth-order valence-electron chi connectivity index (χ4n) is 4.00. The van der Waals surface area contributed by atoms with Crippen LogP contribution in [-0.2, 0) is 16.0 Å². The molecule has 0 saturated heterocycles. The lowest BCUT2D eigenvalue weighted by Crippen LogP contribution is -2.44. The molecule has 8 heteroatoms. The molecule has 0 fully saturated rings. The Bertz CT molecular complexity index is 1110. The number of rotatable bonds is 9. The molecule has 0 aliphatic heterocycles. The molecular formula is C24H33N5O3. The van der Waals surface area contributed by atoms with Crippen LogP contribution >= 0.6 is 0 Å². The standard InChI is InChI=1S/C24H33N5O3/c1-6-32-24(31)27-18(13-15(2)3)14-25-22(30)12-11-19-16(4)26-23-20-9-7-8-10-21(20)28-29(23)17(19)5/h7-10,15,18H,6,11-14H2,1-5H3,(H,25,30)(H,27,31). The number of carbonyl (C=O) groups excluding carboxylic acids is 2. The van der Waals surface area contributed by atoms with Crippen LogP contribution < -0.4 is 10.6 Å². The second kappa shape index (κ2) is 10.4. The summed E-state index contributed by atoms with van der Waals surface area (Å²) in [5.41, 5.74) is 4.69. The van der Waals surface area contributed by atoms with Crippen molar-refractivity contribution in [3.63, 3.8) is 0 Å². The molecule has 2 heterocycles. The Morgan fingerprint density at radius 1 is 1.19 bits per heavy atom. The molecule has 32 heavy (non-hydrogen) atoms. The van der Waals surface area contributed by atoms with Gasteiger partial charge in [-0.05, 0) is 57.2 Å². The van der Waals surface area contributed by atoms with Crippen LogP contribution in [-0.4, -0.2) is 45.8 Å². The van der Waals surface area contributed by atoms with Crippen molar-refractivity contribution in [2.24, 2.45) is 5.92 Å². The van der Waals surface area contributed by atoms with Crippen molar-refractivity contribution in [1.82, 2.24) is 25.2 Å². The third kappa shape index (κ3) is 5.55. The van der Waals surface area contributed by atoms with Gasteiger partial charge >= 0.3 is 6.09 Å². The van der Waals surface area contributed by atoms with E-state index < -0.39 is 6.09 Å². The Balaban J connectivity index is 1.64. The minimum atomic E-state index is -0.454. The van der Waals surface area contributed by atoms with Crippen molar-refractivity contribution in [1.29, 1.82) is 0 Å². The maximum Gasteiger partial charge on any atom is 0.407 e. The van der Waals surface area contributed by atoms with Crippen LogP contribution in [0.5, 0.6) is 0 Å². The number of carbonyl (C=O) groups is 2. The predicted octanol–water partition coefficient (Wildman–Crippen LogP) is 3.71. The molecular weight excluding hydrogens is 406 g/mol. The number of nitrogens with one attached hydrogen (secondary N) is 2. The summed E-state index contributed by atoms with van der Waals surface area (Å²) >= 11 is 0. The molecule has 1 atom stereocenters. The van der Waals surface area contributed by atoms with E-state index in [-0.39, 0.29) is 11.9 Å².